The average molecular weight is 294 g/mol. The van der Waals surface area contributed by atoms with Crippen molar-refractivity contribution in [3.05, 3.63) is 18.1 Å². The van der Waals surface area contributed by atoms with Crippen LogP contribution in [0.5, 0.6) is 0 Å². The minimum atomic E-state index is -0.219. The maximum atomic E-state index is 11.9. The Morgan fingerprint density at radius 3 is 3.05 bits per heavy atom. The van der Waals surface area contributed by atoms with Gasteiger partial charge < -0.3 is 20.1 Å². The summed E-state index contributed by atoms with van der Waals surface area (Å²) in [5.41, 5.74) is 0.315. The summed E-state index contributed by atoms with van der Waals surface area (Å²) in [6.45, 7) is 2.76. The van der Waals surface area contributed by atoms with Gasteiger partial charge in [-0.15, -0.1) is 0 Å². The van der Waals surface area contributed by atoms with Gasteiger partial charge in [0, 0.05) is 33.4 Å². The molecule has 0 radical (unpaired) electrons. The van der Waals surface area contributed by atoms with Crippen molar-refractivity contribution in [1.29, 1.82) is 0 Å². The van der Waals surface area contributed by atoms with Crippen LogP contribution >= 0.6 is 0 Å². The van der Waals surface area contributed by atoms with Gasteiger partial charge in [-0.05, 0) is 19.3 Å². The standard InChI is InChI=1S/C14H22N4O3/c1-20-6-3-5-15-13-10-16-12(9-17-13)14(19)18-8-11-4-2-7-21-11/h9-11H,2-8H2,1H3,(H,15,17)(H,18,19). The number of carbonyl (C=O) groups excluding carboxylic acids is 1. The summed E-state index contributed by atoms with van der Waals surface area (Å²) >= 11 is 0. The van der Waals surface area contributed by atoms with Gasteiger partial charge in [0.15, 0.2) is 0 Å². The maximum Gasteiger partial charge on any atom is 0.271 e. The molecule has 1 aromatic heterocycles. The largest absolute Gasteiger partial charge is 0.385 e. The Balaban J connectivity index is 1.73. The highest BCUT2D eigenvalue weighted by Gasteiger charge is 2.17. The minimum Gasteiger partial charge on any atom is -0.385 e. The van der Waals surface area contributed by atoms with Crippen LogP contribution in [0.1, 0.15) is 29.8 Å². The van der Waals surface area contributed by atoms with Crippen molar-refractivity contribution in [3.63, 3.8) is 0 Å². The first-order chi connectivity index (χ1) is 10.3. The second-order valence-electron chi connectivity index (χ2n) is 4.91. The van der Waals surface area contributed by atoms with Crippen LogP contribution in [0.15, 0.2) is 12.4 Å². The van der Waals surface area contributed by atoms with Crippen molar-refractivity contribution >= 4 is 11.7 Å². The van der Waals surface area contributed by atoms with Gasteiger partial charge >= 0.3 is 0 Å². The van der Waals surface area contributed by atoms with Crippen LogP contribution < -0.4 is 10.6 Å². The molecule has 0 aliphatic carbocycles. The predicted molar refractivity (Wildman–Crippen MR) is 78.3 cm³/mol. The van der Waals surface area contributed by atoms with Gasteiger partial charge in [0.25, 0.3) is 5.91 Å². The Bertz CT molecular complexity index is 432. The fourth-order valence-electron chi connectivity index (χ4n) is 2.07. The summed E-state index contributed by atoms with van der Waals surface area (Å²) in [6.07, 6.45) is 6.11. The lowest BCUT2D eigenvalue weighted by Gasteiger charge is -2.10. The molecule has 0 saturated carbocycles. The van der Waals surface area contributed by atoms with E-state index in [1.165, 1.54) is 6.20 Å². The van der Waals surface area contributed by atoms with E-state index in [2.05, 4.69) is 20.6 Å². The molecule has 116 valence electrons. The predicted octanol–water partition coefficient (Wildman–Crippen LogP) is 0.834. The average Bonchev–Trinajstić information content (AvgIpc) is 3.03. The highest BCUT2D eigenvalue weighted by atomic mass is 16.5. The Labute approximate surface area is 124 Å². The molecule has 7 nitrogen and oxygen atoms in total. The molecule has 21 heavy (non-hydrogen) atoms. The summed E-state index contributed by atoms with van der Waals surface area (Å²) in [7, 11) is 1.67. The number of ether oxygens (including phenoxy) is 2. The lowest BCUT2D eigenvalue weighted by atomic mass is 10.2. The lowest BCUT2D eigenvalue weighted by molar-refractivity contribution is 0.0853. The third-order valence-corrected chi connectivity index (χ3v) is 3.23. The Hall–Kier alpha value is -1.73. The third-order valence-electron chi connectivity index (χ3n) is 3.23. The highest BCUT2D eigenvalue weighted by Crippen LogP contribution is 2.10. The molecule has 1 aromatic rings. The van der Waals surface area contributed by atoms with E-state index >= 15 is 0 Å². The molecule has 1 saturated heterocycles. The van der Waals surface area contributed by atoms with Crippen molar-refractivity contribution in [2.45, 2.75) is 25.4 Å². The quantitative estimate of drug-likeness (QED) is 0.691. The molecule has 0 spiro atoms. The smallest absolute Gasteiger partial charge is 0.271 e. The number of rotatable bonds is 8. The van der Waals surface area contributed by atoms with Gasteiger partial charge in [-0.2, -0.15) is 0 Å². The van der Waals surface area contributed by atoms with E-state index in [9.17, 15) is 4.79 Å². The minimum absolute atomic E-state index is 0.128. The van der Waals surface area contributed by atoms with Crippen molar-refractivity contribution in [2.75, 3.05) is 38.7 Å². The molecular formula is C14H22N4O3. The van der Waals surface area contributed by atoms with Crippen molar-refractivity contribution in [3.8, 4) is 0 Å². The molecule has 2 N–H and O–H groups in total. The number of amides is 1. The summed E-state index contributed by atoms with van der Waals surface area (Å²) < 4.78 is 10.4. The zero-order valence-electron chi connectivity index (χ0n) is 12.3. The summed E-state index contributed by atoms with van der Waals surface area (Å²) in [5, 5.41) is 5.93. The second kappa shape index (κ2) is 8.53. The van der Waals surface area contributed by atoms with Gasteiger partial charge in [-0.25, -0.2) is 9.97 Å². The first-order valence-electron chi connectivity index (χ1n) is 7.24. The van der Waals surface area contributed by atoms with Crippen LogP contribution in [0.25, 0.3) is 0 Å². The van der Waals surface area contributed by atoms with E-state index < -0.39 is 0 Å². The van der Waals surface area contributed by atoms with Gasteiger partial charge in [0.05, 0.1) is 18.5 Å². The molecule has 1 aliphatic heterocycles. The van der Waals surface area contributed by atoms with Gasteiger partial charge in [-0.1, -0.05) is 0 Å². The molecule has 1 amide bonds. The topological polar surface area (TPSA) is 85.4 Å². The van der Waals surface area contributed by atoms with Gasteiger partial charge in [-0.3, -0.25) is 4.79 Å². The van der Waals surface area contributed by atoms with Crippen LogP contribution in [-0.4, -0.2) is 55.4 Å². The molecule has 1 aliphatic rings. The number of hydrogen-bond acceptors (Lipinski definition) is 6. The summed E-state index contributed by atoms with van der Waals surface area (Å²) in [5.74, 6) is 0.436. The van der Waals surface area contributed by atoms with Crippen molar-refractivity contribution in [1.82, 2.24) is 15.3 Å². The molecule has 2 rings (SSSR count). The molecule has 7 heteroatoms. The maximum absolute atomic E-state index is 11.9. The zero-order valence-corrected chi connectivity index (χ0v) is 12.3. The van der Waals surface area contributed by atoms with Crippen molar-refractivity contribution in [2.24, 2.45) is 0 Å². The van der Waals surface area contributed by atoms with Crippen LogP contribution in [0.3, 0.4) is 0 Å². The van der Waals surface area contributed by atoms with E-state index in [1.807, 2.05) is 0 Å². The number of hydrogen-bond donors (Lipinski definition) is 2. The molecule has 1 atom stereocenters. The van der Waals surface area contributed by atoms with E-state index in [0.29, 0.717) is 24.7 Å². The first kappa shape index (κ1) is 15.7. The Kier molecular flexibility index (Phi) is 6.36. The van der Waals surface area contributed by atoms with E-state index in [1.54, 1.807) is 13.3 Å². The molecule has 1 fully saturated rings. The van der Waals surface area contributed by atoms with Crippen LogP contribution in [-0.2, 0) is 9.47 Å². The van der Waals surface area contributed by atoms with Crippen LogP contribution in [0.2, 0.25) is 0 Å². The number of nitrogens with one attached hydrogen (secondary N) is 2. The number of carbonyl (C=O) groups is 1. The molecule has 1 unspecified atom stereocenters. The fraction of sp³-hybridized carbons (Fsp3) is 0.643. The van der Waals surface area contributed by atoms with E-state index in [4.69, 9.17) is 9.47 Å². The molecule has 2 heterocycles. The van der Waals surface area contributed by atoms with Crippen LogP contribution in [0.4, 0.5) is 5.82 Å². The summed E-state index contributed by atoms with van der Waals surface area (Å²) in [4.78, 5) is 20.2. The van der Waals surface area contributed by atoms with Crippen molar-refractivity contribution < 1.29 is 14.3 Å². The van der Waals surface area contributed by atoms with Crippen LogP contribution in [0, 0.1) is 0 Å². The zero-order chi connectivity index (χ0) is 14.9. The molecule has 0 aromatic carbocycles. The lowest BCUT2D eigenvalue weighted by Crippen LogP contribution is -2.32. The second-order valence-corrected chi connectivity index (χ2v) is 4.91. The first-order valence-corrected chi connectivity index (χ1v) is 7.24. The highest BCUT2D eigenvalue weighted by molar-refractivity contribution is 5.92. The molecule has 0 bridgehead atoms. The van der Waals surface area contributed by atoms with Gasteiger partial charge in [0.1, 0.15) is 11.5 Å². The Morgan fingerprint density at radius 2 is 2.38 bits per heavy atom. The SMILES string of the molecule is COCCCNc1cnc(C(=O)NCC2CCCO2)cn1. The van der Waals surface area contributed by atoms with E-state index in [0.717, 1.165) is 32.4 Å². The Morgan fingerprint density at radius 1 is 1.48 bits per heavy atom. The third kappa shape index (κ3) is 5.28. The number of aromatic nitrogens is 2. The van der Waals surface area contributed by atoms with Gasteiger partial charge in [0.2, 0.25) is 0 Å². The summed E-state index contributed by atoms with van der Waals surface area (Å²) in [6, 6.07) is 0. The normalized spacial score (nSPS) is 17.7. The number of methoxy groups -OCH3 is 1. The monoisotopic (exact) mass is 294 g/mol. The number of anilines is 1. The molecular weight excluding hydrogens is 272 g/mol. The fourth-order valence-corrected chi connectivity index (χ4v) is 2.07. The number of nitrogens with zero attached hydrogens (tertiary/aromatic N) is 2. The van der Waals surface area contributed by atoms with E-state index in [-0.39, 0.29) is 12.0 Å².